The van der Waals surface area contributed by atoms with E-state index in [4.69, 9.17) is 5.21 Å². The fourth-order valence-corrected chi connectivity index (χ4v) is 1.71. The topological polar surface area (TPSA) is 86.7 Å². The van der Waals surface area contributed by atoms with E-state index in [9.17, 15) is 14.4 Å². The molecule has 0 unspecified atom stereocenters. The lowest BCUT2D eigenvalue weighted by molar-refractivity contribution is -0.129. The van der Waals surface area contributed by atoms with Crippen LogP contribution in [0.3, 0.4) is 0 Å². The van der Waals surface area contributed by atoms with Crippen molar-refractivity contribution in [2.75, 3.05) is 6.54 Å². The molecule has 6 nitrogen and oxygen atoms in total. The quantitative estimate of drug-likeness (QED) is 0.443. The molecule has 2 N–H and O–H groups in total. The van der Waals surface area contributed by atoms with E-state index < -0.39 is 17.7 Å². The van der Waals surface area contributed by atoms with E-state index in [1.165, 1.54) is 5.48 Å². The van der Waals surface area contributed by atoms with Gasteiger partial charge in [-0.05, 0) is 12.1 Å². The SMILES string of the molecule is O=C(CCN1C(=O)c2ccccc2C1=O)NO. The molecular weight excluding hydrogens is 224 g/mol. The molecule has 1 aliphatic heterocycles. The maximum atomic E-state index is 11.8. The van der Waals surface area contributed by atoms with Crippen LogP contribution in [0.1, 0.15) is 27.1 Å². The standard InChI is InChI=1S/C11H10N2O4/c14-9(12-17)5-6-13-10(15)7-3-1-2-4-8(7)11(13)16/h1-4,17H,5-6H2,(H,12,14). The van der Waals surface area contributed by atoms with Crippen molar-refractivity contribution in [3.63, 3.8) is 0 Å². The van der Waals surface area contributed by atoms with E-state index in [-0.39, 0.29) is 13.0 Å². The van der Waals surface area contributed by atoms with Crippen molar-refractivity contribution < 1.29 is 19.6 Å². The summed E-state index contributed by atoms with van der Waals surface area (Å²) in [5.74, 6) is -1.45. The van der Waals surface area contributed by atoms with E-state index in [2.05, 4.69) is 0 Å². The van der Waals surface area contributed by atoms with Crippen LogP contribution < -0.4 is 5.48 Å². The van der Waals surface area contributed by atoms with Crippen molar-refractivity contribution in [1.82, 2.24) is 10.4 Å². The largest absolute Gasteiger partial charge is 0.289 e. The predicted molar refractivity (Wildman–Crippen MR) is 56.4 cm³/mol. The molecule has 0 saturated carbocycles. The lowest BCUT2D eigenvalue weighted by Gasteiger charge is -2.12. The minimum absolute atomic E-state index is 0.0429. The number of nitrogens with one attached hydrogen (secondary N) is 1. The van der Waals surface area contributed by atoms with Gasteiger partial charge in [-0.15, -0.1) is 0 Å². The number of nitrogens with zero attached hydrogens (tertiary/aromatic N) is 1. The number of rotatable bonds is 3. The number of fused-ring (bicyclic) bond motifs is 1. The molecule has 1 aromatic rings. The van der Waals surface area contributed by atoms with E-state index >= 15 is 0 Å². The van der Waals surface area contributed by atoms with Crippen LogP contribution in [0.15, 0.2) is 24.3 Å². The first kappa shape index (κ1) is 11.3. The molecule has 2 rings (SSSR count). The second-order valence-electron chi connectivity index (χ2n) is 3.59. The number of hydrogen-bond acceptors (Lipinski definition) is 4. The summed E-state index contributed by atoms with van der Waals surface area (Å²) < 4.78 is 0. The zero-order valence-electron chi connectivity index (χ0n) is 8.84. The number of carbonyl (C=O) groups excluding carboxylic acids is 3. The molecule has 0 saturated heterocycles. The predicted octanol–water partition coefficient (Wildman–Crippen LogP) is 0.178. The van der Waals surface area contributed by atoms with Crippen LogP contribution in [0.5, 0.6) is 0 Å². The minimum atomic E-state index is -0.637. The van der Waals surface area contributed by atoms with Gasteiger partial charge in [0, 0.05) is 13.0 Å². The van der Waals surface area contributed by atoms with E-state index in [0.29, 0.717) is 11.1 Å². The van der Waals surface area contributed by atoms with Crippen molar-refractivity contribution in [2.45, 2.75) is 6.42 Å². The monoisotopic (exact) mass is 234 g/mol. The second-order valence-corrected chi connectivity index (χ2v) is 3.59. The van der Waals surface area contributed by atoms with Crippen molar-refractivity contribution >= 4 is 17.7 Å². The molecule has 6 heteroatoms. The Morgan fingerprint density at radius 3 is 2.18 bits per heavy atom. The van der Waals surface area contributed by atoms with Gasteiger partial charge in [0.25, 0.3) is 11.8 Å². The first-order chi connectivity index (χ1) is 8.15. The number of hydroxylamine groups is 1. The average molecular weight is 234 g/mol. The Morgan fingerprint density at radius 1 is 1.18 bits per heavy atom. The highest BCUT2D eigenvalue weighted by molar-refractivity contribution is 6.21. The Hall–Kier alpha value is -2.21. The van der Waals surface area contributed by atoms with Crippen LogP contribution in [-0.4, -0.2) is 34.4 Å². The van der Waals surface area contributed by atoms with Gasteiger partial charge in [0.1, 0.15) is 0 Å². The maximum absolute atomic E-state index is 11.8. The molecular formula is C11H10N2O4. The summed E-state index contributed by atoms with van der Waals surface area (Å²) in [6, 6.07) is 6.49. The Bertz CT molecular complexity index is 463. The number of benzene rings is 1. The molecule has 0 aliphatic carbocycles. The highest BCUT2D eigenvalue weighted by atomic mass is 16.5. The summed E-state index contributed by atoms with van der Waals surface area (Å²) in [6.45, 7) is -0.0429. The number of amides is 3. The summed E-state index contributed by atoms with van der Waals surface area (Å²) in [5.41, 5.74) is 2.15. The Morgan fingerprint density at radius 2 is 1.71 bits per heavy atom. The van der Waals surface area contributed by atoms with Crippen molar-refractivity contribution in [2.24, 2.45) is 0 Å². The van der Waals surface area contributed by atoms with E-state index in [1.54, 1.807) is 24.3 Å². The third kappa shape index (κ3) is 1.90. The third-order valence-electron chi connectivity index (χ3n) is 2.57. The molecule has 1 aromatic carbocycles. The number of hydrogen-bond donors (Lipinski definition) is 2. The van der Waals surface area contributed by atoms with E-state index in [1.807, 2.05) is 0 Å². The van der Waals surface area contributed by atoms with Gasteiger partial charge in [-0.25, -0.2) is 5.48 Å². The molecule has 0 radical (unpaired) electrons. The molecule has 3 amide bonds. The lowest BCUT2D eigenvalue weighted by Crippen LogP contribution is -2.33. The zero-order chi connectivity index (χ0) is 12.4. The minimum Gasteiger partial charge on any atom is -0.289 e. The summed E-state index contributed by atoms with van der Waals surface area (Å²) in [7, 11) is 0. The third-order valence-corrected chi connectivity index (χ3v) is 2.57. The van der Waals surface area contributed by atoms with Crippen LogP contribution in [0.2, 0.25) is 0 Å². The van der Waals surface area contributed by atoms with Crippen LogP contribution >= 0.6 is 0 Å². The summed E-state index contributed by atoms with van der Waals surface area (Å²) in [5, 5.41) is 8.33. The number of imide groups is 1. The second kappa shape index (κ2) is 4.34. The highest BCUT2D eigenvalue weighted by Crippen LogP contribution is 2.22. The summed E-state index contributed by atoms with van der Waals surface area (Å²) in [4.78, 5) is 35.5. The molecule has 1 heterocycles. The normalized spacial score (nSPS) is 13.8. The van der Waals surface area contributed by atoms with Crippen LogP contribution in [0, 0.1) is 0 Å². The van der Waals surface area contributed by atoms with E-state index in [0.717, 1.165) is 4.90 Å². The Balaban J connectivity index is 2.16. The summed E-state index contributed by atoms with van der Waals surface area (Å²) in [6.07, 6.45) is -0.123. The molecule has 17 heavy (non-hydrogen) atoms. The van der Waals surface area contributed by atoms with Crippen molar-refractivity contribution in [3.05, 3.63) is 35.4 Å². The van der Waals surface area contributed by atoms with Crippen LogP contribution in [0.4, 0.5) is 0 Å². The Kier molecular flexibility index (Phi) is 2.88. The van der Waals surface area contributed by atoms with Gasteiger partial charge in [-0.1, -0.05) is 12.1 Å². The summed E-state index contributed by atoms with van der Waals surface area (Å²) >= 11 is 0. The van der Waals surface area contributed by atoms with Gasteiger partial charge in [-0.2, -0.15) is 0 Å². The lowest BCUT2D eigenvalue weighted by atomic mass is 10.1. The number of carbonyl (C=O) groups is 3. The average Bonchev–Trinajstić information content (AvgIpc) is 2.60. The molecule has 88 valence electrons. The van der Waals surface area contributed by atoms with Crippen molar-refractivity contribution in [1.29, 1.82) is 0 Å². The smallest absolute Gasteiger partial charge is 0.261 e. The van der Waals surface area contributed by atoms with Gasteiger partial charge in [0.15, 0.2) is 0 Å². The van der Waals surface area contributed by atoms with Crippen LogP contribution in [0.25, 0.3) is 0 Å². The Labute approximate surface area is 96.8 Å². The first-order valence-electron chi connectivity index (χ1n) is 5.03. The molecule has 0 fully saturated rings. The fourth-order valence-electron chi connectivity index (χ4n) is 1.71. The maximum Gasteiger partial charge on any atom is 0.261 e. The van der Waals surface area contributed by atoms with Crippen molar-refractivity contribution in [3.8, 4) is 0 Å². The fraction of sp³-hybridized carbons (Fsp3) is 0.182. The van der Waals surface area contributed by atoms with Gasteiger partial charge < -0.3 is 0 Å². The molecule has 0 spiro atoms. The molecule has 0 atom stereocenters. The van der Waals surface area contributed by atoms with Gasteiger partial charge >= 0.3 is 0 Å². The van der Waals surface area contributed by atoms with Gasteiger partial charge in [0.05, 0.1) is 11.1 Å². The highest BCUT2D eigenvalue weighted by Gasteiger charge is 2.34. The molecule has 0 bridgehead atoms. The zero-order valence-corrected chi connectivity index (χ0v) is 8.84. The molecule has 0 aromatic heterocycles. The van der Waals surface area contributed by atoms with Gasteiger partial charge in [-0.3, -0.25) is 24.5 Å². The van der Waals surface area contributed by atoms with Crippen LogP contribution in [-0.2, 0) is 4.79 Å². The first-order valence-corrected chi connectivity index (χ1v) is 5.03. The molecule has 1 aliphatic rings. The van der Waals surface area contributed by atoms with Gasteiger partial charge in [0.2, 0.25) is 5.91 Å².